The number of aliphatic hydroxyl groups excluding tert-OH is 1. The van der Waals surface area contributed by atoms with Gasteiger partial charge in [-0.05, 0) is 36.1 Å². The van der Waals surface area contributed by atoms with Crippen LogP contribution in [0.3, 0.4) is 0 Å². The van der Waals surface area contributed by atoms with Crippen molar-refractivity contribution in [2.24, 2.45) is 0 Å². The van der Waals surface area contributed by atoms with Gasteiger partial charge in [-0.1, -0.05) is 12.1 Å². The number of thioether (sulfide) groups is 1. The van der Waals surface area contributed by atoms with E-state index in [1.54, 1.807) is 43.1 Å². The summed E-state index contributed by atoms with van der Waals surface area (Å²) in [4.78, 5) is 23.0. The molecule has 0 aliphatic rings. The highest BCUT2D eigenvalue weighted by molar-refractivity contribution is 7.98. The SMILES string of the molecule is CNC(=O)c1ccc(CNC(=O)[C@@H](O)CCSC)cc1. The van der Waals surface area contributed by atoms with Gasteiger partial charge in [-0.25, -0.2) is 0 Å². The Labute approximate surface area is 123 Å². The Hall–Kier alpha value is -1.53. The molecular formula is C14H20N2O3S. The van der Waals surface area contributed by atoms with E-state index in [9.17, 15) is 14.7 Å². The first-order chi connectivity index (χ1) is 9.58. The third-order valence-corrected chi connectivity index (χ3v) is 3.45. The van der Waals surface area contributed by atoms with Crippen LogP contribution in [0.1, 0.15) is 22.3 Å². The maximum absolute atomic E-state index is 11.6. The molecule has 5 nitrogen and oxygen atoms in total. The summed E-state index contributed by atoms with van der Waals surface area (Å²) in [6, 6.07) is 6.95. The fraction of sp³-hybridized carbons (Fsp3) is 0.429. The molecule has 20 heavy (non-hydrogen) atoms. The summed E-state index contributed by atoms with van der Waals surface area (Å²) in [5.74, 6) is 0.234. The first-order valence-corrected chi connectivity index (χ1v) is 7.73. The van der Waals surface area contributed by atoms with Crippen LogP contribution in [0.5, 0.6) is 0 Å². The number of amides is 2. The summed E-state index contributed by atoms with van der Waals surface area (Å²) in [6.07, 6.45) is 1.41. The number of nitrogens with one attached hydrogen (secondary N) is 2. The molecule has 0 unspecified atom stereocenters. The third kappa shape index (κ3) is 5.22. The molecule has 1 aromatic rings. The Morgan fingerprint density at radius 1 is 1.30 bits per heavy atom. The molecule has 0 spiro atoms. The fourth-order valence-corrected chi connectivity index (χ4v) is 2.04. The van der Waals surface area contributed by atoms with Gasteiger partial charge in [0.1, 0.15) is 6.10 Å². The molecule has 0 heterocycles. The summed E-state index contributed by atoms with van der Waals surface area (Å²) in [7, 11) is 1.58. The fourth-order valence-electron chi connectivity index (χ4n) is 1.59. The molecule has 0 fully saturated rings. The highest BCUT2D eigenvalue weighted by Gasteiger charge is 2.13. The van der Waals surface area contributed by atoms with Gasteiger partial charge in [0.05, 0.1) is 0 Å². The summed E-state index contributed by atoms with van der Waals surface area (Å²) in [5, 5.41) is 14.8. The van der Waals surface area contributed by atoms with Gasteiger partial charge in [-0.2, -0.15) is 11.8 Å². The lowest BCUT2D eigenvalue weighted by molar-refractivity contribution is -0.129. The van der Waals surface area contributed by atoms with Crippen LogP contribution >= 0.6 is 11.8 Å². The van der Waals surface area contributed by atoms with Crippen LogP contribution in [-0.2, 0) is 11.3 Å². The van der Waals surface area contributed by atoms with Gasteiger partial charge in [0.15, 0.2) is 0 Å². The second-order valence-corrected chi connectivity index (χ2v) is 5.28. The van der Waals surface area contributed by atoms with Crippen LogP contribution in [0.2, 0.25) is 0 Å². The van der Waals surface area contributed by atoms with Gasteiger partial charge in [-0.15, -0.1) is 0 Å². The van der Waals surface area contributed by atoms with Crippen LogP contribution in [0, 0.1) is 0 Å². The van der Waals surface area contributed by atoms with E-state index in [1.165, 1.54) is 0 Å². The lowest BCUT2D eigenvalue weighted by atomic mass is 10.1. The molecule has 0 saturated carbocycles. The van der Waals surface area contributed by atoms with Crippen LogP contribution in [0.4, 0.5) is 0 Å². The molecule has 0 radical (unpaired) electrons. The minimum absolute atomic E-state index is 0.145. The smallest absolute Gasteiger partial charge is 0.251 e. The molecule has 1 rings (SSSR count). The Kier molecular flexibility index (Phi) is 7.11. The minimum atomic E-state index is -0.965. The van der Waals surface area contributed by atoms with Crippen molar-refractivity contribution in [3.63, 3.8) is 0 Å². The maximum atomic E-state index is 11.6. The van der Waals surface area contributed by atoms with Gasteiger partial charge in [0, 0.05) is 19.2 Å². The zero-order chi connectivity index (χ0) is 15.0. The minimum Gasteiger partial charge on any atom is -0.383 e. The maximum Gasteiger partial charge on any atom is 0.251 e. The van der Waals surface area contributed by atoms with E-state index in [0.717, 1.165) is 11.3 Å². The molecule has 2 amide bonds. The molecule has 0 saturated heterocycles. The standard InChI is InChI=1S/C14H20N2O3S/c1-15-13(18)11-5-3-10(4-6-11)9-16-14(19)12(17)7-8-20-2/h3-6,12,17H,7-9H2,1-2H3,(H,15,18)(H,16,19)/t12-/m0/s1. The molecule has 0 bridgehead atoms. The van der Waals surface area contributed by atoms with E-state index in [-0.39, 0.29) is 11.8 Å². The second-order valence-electron chi connectivity index (χ2n) is 4.29. The van der Waals surface area contributed by atoms with E-state index in [0.29, 0.717) is 18.5 Å². The molecular weight excluding hydrogens is 276 g/mol. The highest BCUT2D eigenvalue weighted by atomic mass is 32.2. The highest BCUT2D eigenvalue weighted by Crippen LogP contribution is 2.05. The van der Waals surface area contributed by atoms with Crippen molar-refractivity contribution < 1.29 is 14.7 Å². The Morgan fingerprint density at radius 3 is 2.50 bits per heavy atom. The Morgan fingerprint density at radius 2 is 1.95 bits per heavy atom. The predicted molar refractivity (Wildman–Crippen MR) is 80.7 cm³/mol. The molecule has 0 aliphatic heterocycles. The summed E-state index contributed by atoms with van der Waals surface area (Å²) in [6.45, 7) is 0.336. The zero-order valence-corrected chi connectivity index (χ0v) is 12.5. The third-order valence-electron chi connectivity index (χ3n) is 2.81. The van der Waals surface area contributed by atoms with Crippen LogP contribution in [0.25, 0.3) is 0 Å². The van der Waals surface area contributed by atoms with E-state index < -0.39 is 6.10 Å². The average molecular weight is 296 g/mol. The van der Waals surface area contributed by atoms with E-state index in [1.807, 2.05) is 6.26 Å². The Balaban J connectivity index is 2.45. The van der Waals surface area contributed by atoms with E-state index in [2.05, 4.69) is 10.6 Å². The number of carbonyl (C=O) groups excluding carboxylic acids is 2. The van der Waals surface area contributed by atoms with Gasteiger partial charge in [-0.3, -0.25) is 9.59 Å². The van der Waals surface area contributed by atoms with Crippen LogP contribution in [-0.4, -0.2) is 42.1 Å². The zero-order valence-electron chi connectivity index (χ0n) is 11.7. The van der Waals surface area contributed by atoms with Crippen molar-refractivity contribution in [1.29, 1.82) is 0 Å². The lowest BCUT2D eigenvalue weighted by Crippen LogP contribution is -2.34. The number of rotatable bonds is 7. The van der Waals surface area contributed by atoms with Gasteiger partial charge < -0.3 is 15.7 Å². The van der Waals surface area contributed by atoms with Crippen molar-refractivity contribution in [3.05, 3.63) is 35.4 Å². The number of aliphatic hydroxyl groups is 1. The molecule has 110 valence electrons. The first-order valence-electron chi connectivity index (χ1n) is 6.34. The van der Waals surface area contributed by atoms with Crippen molar-refractivity contribution in [2.45, 2.75) is 19.1 Å². The number of benzene rings is 1. The quantitative estimate of drug-likeness (QED) is 0.695. The van der Waals surface area contributed by atoms with E-state index >= 15 is 0 Å². The van der Waals surface area contributed by atoms with Crippen LogP contribution < -0.4 is 10.6 Å². The summed E-state index contributed by atoms with van der Waals surface area (Å²) < 4.78 is 0. The Bertz CT molecular complexity index is 448. The van der Waals surface area contributed by atoms with Gasteiger partial charge >= 0.3 is 0 Å². The number of carbonyl (C=O) groups is 2. The summed E-state index contributed by atoms with van der Waals surface area (Å²) in [5.41, 5.74) is 1.45. The van der Waals surface area contributed by atoms with Crippen molar-refractivity contribution in [2.75, 3.05) is 19.1 Å². The molecule has 6 heteroatoms. The largest absolute Gasteiger partial charge is 0.383 e. The number of hydrogen-bond donors (Lipinski definition) is 3. The van der Waals surface area contributed by atoms with Crippen molar-refractivity contribution in [1.82, 2.24) is 10.6 Å². The molecule has 1 atom stereocenters. The number of hydrogen-bond acceptors (Lipinski definition) is 4. The van der Waals surface area contributed by atoms with E-state index in [4.69, 9.17) is 0 Å². The van der Waals surface area contributed by atoms with Gasteiger partial charge in [0.2, 0.25) is 5.91 Å². The normalized spacial score (nSPS) is 11.8. The second kappa shape index (κ2) is 8.60. The monoisotopic (exact) mass is 296 g/mol. The van der Waals surface area contributed by atoms with Crippen molar-refractivity contribution in [3.8, 4) is 0 Å². The van der Waals surface area contributed by atoms with Crippen LogP contribution in [0.15, 0.2) is 24.3 Å². The average Bonchev–Trinajstić information content (AvgIpc) is 2.49. The summed E-state index contributed by atoms with van der Waals surface area (Å²) >= 11 is 1.59. The first kappa shape index (κ1) is 16.5. The van der Waals surface area contributed by atoms with Crippen molar-refractivity contribution >= 4 is 23.6 Å². The van der Waals surface area contributed by atoms with Gasteiger partial charge in [0.25, 0.3) is 5.91 Å². The topological polar surface area (TPSA) is 78.4 Å². The lowest BCUT2D eigenvalue weighted by Gasteiger charge is -2.11. The predicted octanol–water partition coefficient (Wildman–Crippen LogP) is 0.776. The molecule has 1 aromatic carbocycles. The molecule has 3 N–H and O–H groups in total. The molecule has 0 aromatic heterocycles. The molecule has 0 aliphatic carbocycles.